The number of nitrogens with one attached hydrogen (secondary N) is 1. The van der Waals surface area contributed by atoms with Crippen LogP contribution in [-0.2, 0) is 4.79 Å². The molecule has 0 spiro atoms. The number of alkyl halides is 1. The fraction of sp³-hybridized carbons (Fsp3) is 0.900. The number of hydrogen-bond acceptors (Lipinski definition) is 2. The zero-order valence-corrected chi connectivity index (χ0v) is 8.39. The molecule has 2 heterocycles. The maximum Gasteiger partial charge on any atom is 0.261 e. The minimum absolute atomic E-state index is 0.197. The Kier molecular flexibility index (Phi) is 2.72. The molecule has 3 nitrogen and oxygen atoms in total. The summed E-state index contributed by atoms with van der Waals surface area (Å²) < 4.78 is 14.2. The van der Waals surface area contributed by atoms with E-state index in [1.165, 1.54) is 0 Å². The van der Waals surface area contributed by atoms with E-state index in [2.05, 4.69) is 5.32 Å². The molecule has 4 heteroatoms. The van der Waals surface area contributed by atoms with Gasteiger partial charge in [0, 0.05) is 19.6 Å². The highest BCUT2D eigenvalue weighted by molar-refractivity contribution is 5.85. The van der Waals surface area contributed by atoms with Gasteiger partial charge in [-0.25, -0.2) is 4.39 Å². The lowest BCUT2D eigenvalue weighted by atomic mass is 9.94. The second kappa shape index (κ2) is 3.85. The Labute approximate surface area is 83.6 Å². The Morgan fingerprint density at radius 2 is 2.00 bits per heavy atom. The van der Waals surface area contributed by atoms with Crippen LogP contribution in [0, 0.1) is 0 Å². The summed E-state index contributed by atoms with van der Waals surface area (Å²) in [6.07, 6.45) is 3.19. The number of hydrogen-bond donors (Lipinski definition) is 1. The summed E-state index contributed by atoms with van der Waals surface area (Å²) in [5, 5.41) is 2.96. The molecule has 2 fully saturated rings. The molecule has 0 aromatic rings. The van der Waals surface area contributed by atoms with E-state index in [1.54, 1.807) is 4.90 Å². The lowest BCUT2D eigenvalue weighted by Crippen LogP contribution is -2.53. The quantitative estimate of drug-likeness (QED) is 0.675. The molecular weight excluding hydrogens is 183 g/mol. The molecule has 1 N–H and O–H groups in total. The highest BCUT2D eigenvalue weighted by atomic mass is 19.1. The standard InChI is InChI=1S/C10H17FN2O/c11-10(4-3-5-12-8-10)9(14)13-6-1-2-7-13/h12H,1-8H2. The smallest absolute Gasteiger partial charge is 0.261 e. The van der Waals surface area contributed by atoms with Crippen molar-refractivity contribution in [1.82, 2.24) is 10.2 Å². The average molecular weight is 200 g/mol. The fourth-order valence-corrected chi connectivity index (χ4v) is 2.25. The van der Waals surface area contributed by atoms with Gasteiger partial charge >= 0.3 is 0 Å². The molecule has 0 bridgehead atoms. The highest BCUT2D eigenvalue weighted by Gasteiger charge is 2.42. The van der Waals surface area contributed by atoms with Crippen molar-refractivity contribution in [1.29, 1.82) is 0 Å². The highest BCUT2D eigenvalue weighted by Crippen LogP contribution is 2.25. The van der Waals surface area contributed by atoms with Crippen LogP contribution >= 0.6 is 0 Å². The van der Waals surface area contributed by atoms with Gasteiger partial charge < -0.3 is 10.2 Å². The van der Waals surface area contributed by atoms with Crippen LogP contribution in [0.2, 0.25) is 0 Å². The first-order chi connectivity index (χ1) is 6.72. The molecule has 1 unspecified atom stereocenters. The lowest BCUT2D eigenvalue weighted by molar-refractivity contribution is -0.144. The number of piperidine rings is 1. The van der Waals surface area contributed by atoms with Crippen LogP contribution < -0.4 is 5.32 Å². The third-order valence-corrected chi connectivity index (χ3v) is 3.11. The van der Waals surface area contributed by atoms with Crippen molar-refractivity contribution >= 4 is 5.91 Å². The Balaban J connectivity index is 2.00. The summed E-state index contributed by atoms with van der Waals surface area (Å²) in [6, 6.07) is 0. The Morgan fingerprint density at radius 3 is 2.57 bits per heavy atom. The molecule has 2 aliphatic rings. The van der Waals surface area contributed by atoms with E-state index in [4.69, 9.17) is 0 Å². The first kappa shape index (κ1) is 9.90. The largest absolute Gasteiger partial charge is 0.340 e. The van der Waals surface area contributed by atoms with Gasteiger partial charge in [-0.15, -0.1) is 0 Å². The number of rotatable bonds is 1. The first-order valence-electron chi connectivity index (χ1n) is 5.41. The molecule has 14 heavy (non-hydrogen) atoms. The van der Waals surface area contributed by atoms with Crippen molar-refractivity contribution in [3.8, 4) is 0 Å². The van der Waals surface area contributed by atoms with Gasteiger partial charge in [0.05, 0.1) is 0 Å². The molecule has 0 radical (unpaired) electrons. The van der Waals surface area contributed by atoms with Crippen molar-refractivity contribution in [2.45, 2.75) is 31.4 Å². The van der Waals surface area contributed by atoms with Gasteiger partial charge in [0.15, 0.2) is 0 Å². The lowest BCUT2D eigenvalue weighted by Gasteiger charge is -2.32. The molecule has 0 saturated carbocycles. The second-order valence-corrected chi connectivity index (χ2v) is 4.24. The topological polar surface area (TPSA) is 32.3 Å². The van der Waals surface area contributed by atoms with Crippen molar-refractivity contribution in [3.05, 3.63) is 0 Å². The Morgan fingerprint density at radius 1 is 1.29 bits per heavy atom. The third-order valence-electron chi connectivity index (χ3n) is 3.11. The molecule has 0 aromatic carbocycles. The monoisotopic (exact) mass is 200 g/mol. The van der Waals surface area contributed by atoms with Gasteiger partial charge in [-0.2, -0.15) is 0 Å². The molecule has 0 aromatic heterocycles. The predicted molar refractivity (Wildman–Crippen MR) is 51.8 cm³/mol. The molecule has 80 valence electrons. The number of halogens is 1. The zero-order valence-electron chi connectivity index (χ0n) is 8.39. The maximum atomic E-state index is 14.2. The molecule has 2 rings (SSSR count). The number of amides is 1. The van der Waals surface area contributed by atoms with Crippen molar-refractivity contribution < 1.29 is 9.18 Å². The second-order valence-electron chi connectivity index (χ2n) is 4.24. The van der Waals surface area contributed by atoms with Crippen molar-refractivity contribution in [2.24, 2.45) is 0 Å². The average Bonchev–Trinajstić information content (AvgIpc) is 2.70. The third kappa shape index (κ3) is 1.75. The van der Waals surface area contributed by atoms with E-state index in [0.29, 0.717) is 6.42 Å². The molecule has 2 aliphatic heterocycles. The molecule has 0 aliphatic carbocycles. The minimum Gasteiger partial charge on any atom is -0.340 e. The van der Waals surface area contributed by atoms with E-state index in [0.717, 1.165) is 38.9 Å². The zero-order chi connectivity index (χ0) is 10.0. The number of carbonyl (C=O) groups excluding carboxylic acids is 1. The number of nitrogens with zero attached hydrogens (tertiary/aromatic N) is 1. The predicted octanol–water partition coefficient (Wildman–Crippen LogP) is 0.700. The van der Waals surface area contributed by atoms with E-state index in [-0.39, 0.29) is 12.5 Å². The van der Waals surface area contributed by atoms with Gasteiger partial charge in [0.1, 0.15) is 0 Å². The minimum atomic E-state index is -1.62. The Bertz CT molecular complexity index is 220. The summed E-state index contributed by atoms with van der Waals surface area (Å²) in [7, 11) is 0. The summed E-state index contributed by atoms with van der Waals surface area (Å²) in [6.45, 7) is 2.51. The molecule has 1 atom stereocenters. The van der Waals surface area contributed by atoms with Crippen LogP contribution in [0.4, 0.5) is 4.39 Å². The van der Waals surface area contributed by atoms with E-state index in [1.807, 2.05) is 0 Å². The van der Waals surface area contributed by atoms with Gasteiger partial charge in [0.2, 0.25) is 5.67 Å². The van der Waals surface area contributed by atoms with Crippen LogP contribution in [0.15, 0.2) is 0 Å². The summed E-state index contributed by atoms with van der Waals surface area (Å²) >= 11 is 0. The summed E-state index contributed by atoms with van der Waals surface area (Å²) in [5.41, 5.74) is -1.62. The SMILES string of the molecule is O=C(N1CCCC1)C1(F)CCCNC1. The van der Waals surface area contributed by atoms with Crippen molar-refractivity contribution in [2.75, 3.05) is 26.2 Å². The first-order valence-corrected chi connectivity index (χ1v) is 5.41. The fourth-order valence-electron chi connectivity index (χ4n) is 2.25. The van der Waals surface area contributed by atoms with E-state index < -0.39 is 5.67 Å². The maximum absolute atomic E-state index is 14.2. The number of carbonyl (C=O) groups is 1. The van der Waals surface area contributed by atoms with Crippen LogP contribution in [0.5, 0.6) is 0 Å². The van der Waals surface area contributed by atoms with Gasteiger partial charge in [-0.05, 0) is 32.2 Å². The Hall–Kier alpha value is -0.640. The van der Waals surface area contributed by atoms with Gasteiger partial charge in [-0.3, -0.25) is 4.79 Å². The van der Waals surface area contributed by atoms with Crippen LogP contribution in [-0.4, -0.2) is 42.7 Å². The van der Waals surface area contributed by atoms with E-state index >= 15 is 0 Å². The van der Waals surface area contributed by atoms with Crippen LogP contribution in [0.3, 0.4) is 0 Å². The van der Waals surface area contributed by atoms with Gasteiger partial charge in [0.25, 0.3) is 5.91 Å². The molecule has 2 saturated heterocycles. The van der Waals surface area contributed by atoms with Crippen molar-refractivity contribution in [3.63, 3.8) is 0 Å². The normalized spacial score (nSPS) is 33.4. The summed E-state index contributed by atoms with van der Waals surface area (Å²) in [4.78, 5) is 13.5. The van der Waals surface area contributed by atoms with E-state index in [9.17, 15) is 9.18 Å². The van der Waals surface area contributed by atoms with Crippen LogP contribution in [0.25, 0.3) is 0 Å². The number of likely N-dealkylation sites (tertiary alicyclic amines) is 1. The van der Waals surface area contributed by atoms with Gasteiger partial charge in [-0.1, -0.05) is 0 Å². The molecule has 1 amide bonds. The summed E-state index contributed by atoms with van der Waals surface area (Å²) in [5.74, 6) is -0.290. The van der Waals surface area contributed by atoms with Crippen LogP contribution in [0.1, 0.15) is 25.7 Å². The molecular formula is C10H17FN2O.